The second kappa shape index (κ2) is 24.5. The van der Waals surface area contributed by atoms with Gasteiger partial charge in [0.15, 0.2) is 0 Å². The third-order valence-corrected chi connectivity index (χ3v) is 10.5. The van der Waals surface area contributed by atoms with Crippen molar-refractivity contribution in [1.29, 1.82) is 0 Å². The summed E-state index contributed by atoms with van der Waals surface area (Å²) in [6.07, 6.45) is -3.14. The van der Waals surface area contributed by atoms with Crippen LogP contribution in [-0.4, -0.2) is 73.5 Å². The Morgan fingerprint density at radius 3 is 1.77 bits per heavy atom. The van der Waals surface area contributed by atoms with E-state index in [2.05, 4.69) is 46.6 Å². The van der Waals surface area contributed by atoms with Crippen molar-refractivity contribution < 1.29 is 33.4 Å². The summed E-state index contributed by atoms with van der Waals surface area (Å²) in [5.41, 5.74) is 22.6. The number of ether oxygens (including phenoxy) is 2. The van der Waals surface area contributed by atoms with Crippen molar-refractivity contribution in [3.05, 3.63) is 163 Å². The lowest BCUT2D eigenvalue weighted by molar-refractivity contribution is -0.128. The molecule has 0 aliphatic heterocycles. The molecule has 0 bridgehead atoms. The second-order valence-corrected chi connectivity index (χ2v) is 14.2. The molecule has 0 spiro atoms. The molecule has 21 heteroatoms. The summed E-state index contributed by atoms with van der Waals surface area (Å²) in [6.45, 7) is -0.646. The topological polar surface area (TPSA) is 305 Å². The van der Waals surface area contributed by atoms with Gasteiger partial charge in [-0.1, -0.05) is 113 Å². The summed E-state index contributed by atoms with van der Waals surface area (Å²) in [4.78, 5) is 79.3. The Kier molecular flexibility index (Phi) is 18.6. The van der Waals surface area contributed by atoms with Crippen LogP contribution in [0.5, 0.6) is 5.75 Å². The Bertz CT molecular complexity index is 2080. The summed E-state index contributed by atoms with van der Waals surface area (Å²) in [5, 5.41) is 16.5. The van der Waals surface area contributed by atoms with Gasteiger partial charge in [-0.3, -0.25) is 19.8 Å². The Morgan fingerprint density at radius 1 is 0.738 bits per heavy atom. The SMILES string of the molecule is [N-]=[N+]=NCC(CN=[N+]=[N-])OC(=O)N[C@@H](Cc1ccc(OC(=O)NCCCC(=O)N[C@@H](CSC(c2ccccc2)(c2ccccc2)c2ccccc2)C(=O)NN)cc1)C(=O)N=O. The number of thioether (sulfide) groups is 1. The van der Waals surface area contributed by atoms with Gasteiger partial charge in [-0.15, -0.1) is 16.7 Å². The van der Waals surface area contributed by atoms with Crippen molar-refractivity contribution in [1.82, 2.24) is 21.4 Å². The highest BCUT2D eigenvalue weighted by Crippen LogP contribution is 2.48. The van der Waals surface area contributed by atoms with Crippen LogP contribution in [0.3, 0.4) is 0 Å². The fourth-order valence-corrected chi connectivity index (χ4v) is 7.58. The van der Waals surface area contributed by atoms with Crippen molar-refractivity contribution in [2.75, 3.05) is 25.4 Å². The van der Waals surface area contributed by atoms with Crippen LogP contribution in [-0.2, 0) is 30.3 Å². The number of nitrogens with zero attached hydrogens (tertiary/aromatic N) is 7. The van der Waals surface area contributed by atoms with E-state index < -0.39 is 52.8 Å². The highest BCUT2D eigenvalue weighted by atomic mass is 32.2. The van der Waals surface area contributed by atoms with Crippen molar-refractivity contribution >= 4 is 41.7 Å². The molecule has 0 radical (unpaired) electrons. The Morgan fingerprint density at radius 2 is 1.28 bits per heavy atom. The molecule has 61 heavy (non-hydrogen) atoms. The highest BCUT2D eigenvalue weighted by molar-refractivity contribution is 8.00. The number of nitroso groups, excluding NO2 is 1. The summed E-state index contributed by atoms with van der Waals surface area (Å²) >= 11 is 1.49. The van der Waals surface area contributed by atoms with Crippen LogP contribution in [0.15, 0.2) is 131 Å². The number of nitrogens with two attached hydrogens (primary N) is 1. The first-order valence-corrected chi connectivity index (χ1v) is 19.6. The molecule has 4 aromatic rings. The molecule has 0 fully saturated rings. The first-order chi connectivity index (χ1) is 29.6. The lowest BCUT2D eigenvalue weighted by atomic mass is 9.84. The largest absolute Gasteiger partial charge is 0.446 e. The fourth-order valence-electron chi connectivity index (χ4n) is 6.02. The number of azide groups is 2. The summed E-state index contributed by atoms with van der Waals surface area (Å²) in [5.74, 6) is 3.61. The summed E-state index contributed by atoms with van der Waals surface area (Å²) in [6, 6.07) is 33.0. The van der Waals surface area contributed by atoms with Crippen LogP contribution < -0.4 is 32.0 Å². The monoisotopic (exact) mass is 850 g/mol. The van der Waals surface area contributed by atoms with E-state index in [1.807, 2.05) is 91.0 Å². The molecule has 4 aromatic carbocycles. The predicted octanol–water partition coefficient (Wildman–Crippen LogP) is 5.67. The van der Waals surface area contributed by atoms with E-state index >= 15 is 0 Å². The van der Waals surface area contributed by atoms with Gasteiger partial charge in [-0.25, -0.2) is 15.4 Å². The maximum Gasteiger partial charge on any atom is 0.412 e. The predicted molar refractivity (Wildman–Crippen MR) is 225 cm³/mol. The van der Waals surface area contributed by atoms with Crippen LogP contribution in [0.1, 0.15) is 35.1 Å². The van der Waals surface area contributed by atoms with Crippen molar-refractivity contribution in [3.8, 4) is 5.75 Å². The van der Waals surface area contributed by atoms with Gasteiger partial charge in [0.1, 0.15) is 23.9 Å². The number of hydrazine groups is 1. The van der Waals surface area contributed by atoms with Gasteiger partial charge in [0, 0.05) is 40.1 Å². The number of hydrogen-bond acceptors (Lipinski definition) is 12. The first-order valence-electron chi connectivity index (χ1n) is 18.6. The van der Waals surface area contributed by atoms with Crippen molar-refractivity contribution in [2.45, 2.75) is 42.2 Å². The molecule has 6 N–H and O–H groups in total. The third kappa shape index (κ3) is 14.1. The van der Waals surface area contributed by atoms with Gasteiger partial charge in [0.05, 0.1) is 17.8 Å². The number of carbonyl (C=O) groups excluding carboxylic acids is 5. The number of rotatable bonds is 22. The smallest absolute Gasteiger partial charge is 0.412 e. The molecule has 0 saturated carbocycles. The quantitative estimate of drug-likeness (QED) is 0.00742. The Balaban J connectivity index is 1.29. The third-order valence-electron chi connectivity index (χ3n) is 8.88. The van der Waals surface area contributed by atoms with E-state index in [4.69, 9.17) is 26.4 Å². The molecule has 0 aliphatic carbocycles. The minimum absolute atomic E-state index is 0.0332. The zero-order valence-corrected chi connectivity index (χ0v) is 33.4. The molecule has 316 valence electrons. The van der Waals surface area contributed by atoms with Crippen LogP contribution in [0.4, 0.5) is 9.59 Å². The van der Waals surface area contributed by atoms with Crippen molar-refractivity contribution in [3.63, 3.8) is 0 Å². The van der Waals surface area contributed by atoms with Gasteiger partial charge < -0.3 is 25.4 Å². The minimum atomic E-state index is -1.44. The van der Waals surface area contributed by atoms with Crippen LogP contribution in [0, 0.1) is 4.91 Å². The number of nitrogens with one attached hydrogen (secondary N) is 4. The number of hydrogen-bond donors (Lipinski definition) is 5. The zero-order chi connectivity index (χ0) is 43.9. The standard InChI is InChI=1S/C40H42N12O8S/c41-49-36(54)34(26-61-40(28-11-4-1-5-12-28,29-13-6-2-7-14-29)30-15-8-3-9-16-30)47-35(53)17-10-22-44-38(56)59-31-20-18-27(19-21-31)23-33(37(55)50-58)48-39(57)60-32(24-45-51-42)25-46-52-43/h1-9,11-16,18-21,32-34H,10,17,22-26,41H2,(H,44,56)(H,47,53)(H,48,57)(H,49,54)/t33-,34-/m0/s1. The maximum absolute atomic E-state index is 13.1. The first kappa shape index (κ1) is 46.3. The van der Waals surface area contributed by atoms with E-state index in [1.54, 1.807) is 0 Å². The van der Waals surface area contributed by atoms with E-state index in [0.717, 1.165) is 16.7 Å². The van der Waals surface area contributed by atoms with Gasteiger partial charge in [-0.05, 0) is 51.9 Å². The van der Waals surface area contributed by atoms with Crippen LogP contribution >= 0.6 is 11.8 Å². The molecular formula is C40H42N12O8S. The average molecular weight is 851 g/mol. The zero-order valence-electron chi connectivity index (χ0n) is 32.5. The second-order valence-electron chi connectivity index (χ2n) is 13.0. The molecule has 0 aromatic heterocycles. The van der Waals surface area contributed by atoms with Crippen molar-refractivity contribution in [2.24, 2.45) is 21.2 Å². The molecule has 0 saturated heterocycles. The number of amides is 5. The molecule has 5 amide bonds. The van der Waals surface area contributed by atoms with E-state index in [1.165, 1.54) is 36.0 Å². The van der Waals surface area contributed by atoms with Gasteiger partial charge >= 0.3 is 18.1 Å². The van der Waals surface area contributed by atoms with Crippen LogP contribution in [0.2, 0.25) is 0 Å². The molecule has 2 atom stereocenters. The van der Waals surface area contributed by atoms with Gasteiger partial charge in [0.25, 0.3) is 5.91 Å². The number of carbonyl (C=O) groups is 5. The number of alkyl carbamates (subject to hydrolysis) is 1. The molecule has 4 rings (SSSR count). The van der Waals surface area contributed by atoms with E-state index in [9.17, 15) is 28.9 Å². The van der Waals surface area contributed by atoms with E-state index in [-0.39, 0.29) is 50.4 Å². The molecule has 0 unspecified atom stereocenters. The maximum atomic E-state index is 13.1. The van der Waals surface area contributed by atoms with Crippen LogP contribution in [0.25, 0.3) is 20.9 Å². The fraction of sp³-hybridized carbons (Fsp3) is 0.275. The van der Waals surface area contributed by atoms with Gasteiger partial charge in [-0.2, -0.15) is 0 Å². The van der Waals surface area contributed by atoms with Gasteiger partial charge in [0.2, 0.25) is 5.91 Å². The van der Waals surface area contributed by atoms with E-state index in [0.29, 0.717) is 5.56 Å². The Labute approximate surface area is 353 Å². The minimum Gasteiger partial charge on any atom is -0.446 e. The lowest BCUT2D eigenvalue weighted by Crippen LogP contribution is -2.51. The highest BCUT2D eigenvalue weighted by Gasteiger charge is 2.38. The average Bonchev–Trinajstić information content (AvgIpc) is 3.29. The normalized spacial score (nSPS) is 12.1. The summed E-state index contributed by atoms with van der Waals surface area (Å²) < 4.78 is 9.59. The molecule has 0 heterocycles. The molecular weight excluding hydrogens is 809 g/mol. The Hall–Kier alpha value is -7.44. The molecule has 0 aliphatic rings. The lowest BCUT2D eigenvalue weighted by Gasteiger charge is -2.36. The summed E-state index contributed by atoms with van der Waals surface area (Å²) in [7, 11) is 0. The molecule has 20 nitrogen and oxygen atoms in total. The number of benzene rings is 4.